The number of fused-ring (bicyclic) bond motifs is 2. The largest absolute Gasteiger partial charge is 0.504 e. The van der Waals surface area contributed by atoms with Gasteiger partial charge in [-0.15, -0.1) is 0 Å². The molecule has 0 amide bonds. The van der Waals surface area contributed by atoms with Gasteiger partial charge in [-0.2, -0.15) is 0 Å². The van der Waals surface area contributed by atoms with Crippen molar-refractivity contribution in [3.05, 3.63) is 23.3 Å². The van der Waals surface area contributed by atoms with E-state index >= 15 is 0 Å². The summed E-state index contributed by atoms with van der Waals surface area (Å²) in [6.45, 7) is 11.0. The average molecular weight is 396 g/mol. The molecule has 5 fully saturated rings. The first-order chi connectivity index (χ1) is 13.4. The van der Waals surface area contributed by atoms with Crippen molar-refractivity contribution in [1.29, 1.82) is 0 Å². The molecule has 3 spiro atoms. The number of phenolic OH excluding ortho intramolecular Hbond substituents is 1. The average Bonchev–Trinajstić information content (AvgIpc) is 3.10. The predicted octanol–water partition coefficient (Wildman–Crippen LogP) is 3.66. The van der Waals surface area contributed by atoms with Gasteiger partial charge < -0.3 is 20.3 Å². The maximum absolute atomic E-state index is 11.9. The standard InChI is InChI=1S/C25H33NO3/c1-20(2,3)22(5,28)15-11-23-9-8-21(15,4)19-25(23)12-24(18(23)26-24)10-13-6-7-14(27)17(29-19)16(13)25/h6-7,15,18-19,26-28H,8-12H2,1-5H3/t15?,18-,19?,21?,22?,23?,24+,25-/m0/s1. The third-order valence-electron chi connectivity index (χ3n) is 11.1. The molecule has 2 heterocycles. The van der Waals surface area contributed by atoms with Crippen molar-refractivity contribution in [2.24, 2.45) is 22.2 Å². The lowest BCUT2D eigenvalue weighted by atomic mass is 9.35. The third kappa shape index (κ3) is 1.46. The zero-order valence-electron chi connectivity index (χ0n) is 18.2. The van der Waals surface area contributed by atoms with E-state index in [1.807, 2.05) is 6.07 Å². The number of nitrogens with one attached hydrogen (secondary N) is 1. The Labute approximate surface area is 173 Å². The van der Waals surface area contributed by atoms with Gasteiger partial charge in [-0.1, -0.05) is 33.8 Å². The molecule has 4 heteroatoms. The molecule has 2 aliphatic heterocycles. The summed E-state index contributed by atoms with van der Waals surface area (Å²) in [7, 11) is 0. The number of aromatic hydroxyl groups is 1. The molecular weight excluding hydrogens is 362 g/mol. The normalized spacial score (nSPS) is 51.9. The van der Waals surface area contributed by atoms with E-state index in [1.165, 1.54) is 17.5 Å². The topological polar surface area (TPSA) is 71.6 Å². The Morgan fingerprint density at radius 2 is 1.93 bits per heavy atom. The van der Waals surface area contributed by atoms with Gasteiger partial charge in [-0.05, 0) is 62.0 Å². The van der Waals surface area contributed by atoms with Crippen molar-refractivity contribution >= 4 is 0 Å². The van der Waals surface area contributed by atoms with Crippen molar-refractivity contribution < 1.29 is 14.9 Å². The van der Waals surface area contributed by atoms with Gasteiger partial charge in [0.25, 0.3) is 0 Å². The van der Waals surface area contributed by atoms with Gasteiger partial charge in [0, 0.05) is 33.4 Å². The second-order valence-corrected chi connectivity index (χ2v) is 12.8. The summed E-state index contributed by atoms with van der Waals surface area (Å²) in [4.78, 5) is 0. The fraction of sp³-hybridized carbons (Fsp3) is 0.760. The molecule has 3 N–H and O–H groups in total. The zero-order chi connectivity index (χ0) is 20.4. The second kappa shape index (κ2) is 4.23. The van der Waals surface area contributed by atoms with Gasteiger partial charge >= 0.3 is 0 Å². The molecule has 29 heavy (non-hydrogen) atoms. The van der Waals surface area contributed by atoms with E-state index in [2.05, 4.69) is 46.0 Å². The maximum Gasteiger partial charge on any atom is 0.165 e. The zero-order valence-corrected chi connectivity index (χ0v) is 18.2. The van der Waals surface area contributed by atoms with Crippen LogP contribution in [0, 0.1) is 22.2 Å². The third-order valence-corrected chi connectivity index (χ3v) is 11.1. The number of phenols is 1. The number of aliphatic hydroxyl groups is 1. The van der Waals surface area contributed by atoms with Crippen LogP contribution < -0.4 is 10.1 Å². The molecule has 8 atom stereocenters. The first-order valence-electron chi connectivity index (χ1n) is 11.5. The molecule has 8 rings (SSSR count). The van der Waals surface area contributed by atoms with Crippen LogP contribution in [0.15, 0.2) is 12.1 Å². The summed E-state index contributed by atoms with van der Waals surface area (Å²) in [5.74, 6) is 1.24. The molecule has 4 bridgehead atoms. The van der Waals surface area contributed by atoms with Crippen LogP contribution in [0.5, 0.6) is 11.5 Å². The van der Waals surface area contributed by atoms with Gasteiger partial charge in [0.05, 0.1) is 5.60 Å². The summed E-state index contributed by atoms with van der Waals surface area (Å²) >= 11 is 0. The molecule has 7 aliphatic rings. The summed E-state index contributed by atoms with van der Waals surface area (Å²) in [6, 6.07) is 4.50. The molecule has 1 saturated heterocycles. The molecule has 1 aromatic rings. The van der Waals surface area contributed by atoms with Crippen LogP contribution in [0.4, 0.5) is 0 Å². The van der Waals surface area contributed by atoms with Gasteiger partial charge in [-0.25, -0.2) is 0 Å². The predicted molar refractivity (Wildman–Crippen MR) is 110 cm³/mol. The lowest BCUT2D eigenvalue weighted by molar-refractivity contribution is -0.242. The number of benzene rings is 1. The first kappa shape index (κ1) is 17.4. The number of hydrogen-bond donors (Lipinski definition) is 3. The number of rotatable bonds is 1. The van der Waals surface area contributed by atoms with E-state index in [-0.39, 0.29) is 39.2 Å². The molecule has 5 unspecified atom stereocenters. The Hall–Kier alpha value is -1.26. The smallest absolute Gasteiger partial charge is 0.165 e. The molecular formula is C25H33NO3. The second-order valence-electron chi connectivity index (χ2n) is 12.8. The Morgan fingerprint density at radius 1 is 1.17 bits per heavy atom. The maximum atomic E-state index is 11.9. The number of piperidine rings is 1. The molecule has 156 valence electrons. The van der Waals surface area contributed by atoms with Crippen molar-refractivity contribution in [3.63, 3.8) is 0 Å². The van der Waals surface area contributed by atoms with Crippen LogP contribution in [-0.2, 0) is 11.8 Å². The number of hydrogen-bond acceptors (Lipinski definition) is 4. The molecule has 4 nitrogen and oxygen atoms in total. The van der Waals surface area contributed by atoms with E-state index in [1.54, 1.807) is 0 Å². The minimum absolute atomic E-state index is 0.00202. The van der Waals surface area contributed by atoms with Crippen LogP contribution in [0.2, 0.25) is 0 Å². The minimum atomic E-state index is -0.779. The SMILES string of the molecule is CC12CCC3(CC1C(C)(O)C(C)(C)C)[C@@H]1N[C@@]14Cc1ccc(O)c5c1[C@@]3(C4)C2O5. The van der Waals surface area contributed by atoms with Gasteiger partial charge in [0.1, 0.15) is 6.10 Å². The Balaban J connectivity index is 1.51. The lowest BCUT2D eigenvalue weighted by Gasteiger charge is -2.69. The molecule has 5 aliphatic carbocycles. The Bertz CT molecular complexity index is 995. The quantitative estimate of drug-likeness (QED) is 0.635. The highest BCUT2D eigenvalue weighted by molar-refractivity contribution is 5.66. The number of ether oxygens (including phenoxy) is 1. The van der Waals surface area contributed by atoms with Crippen LogP contribution in [0.1, 0.15) is 71.4 Å². The van der Waals surface area contributed by atoms with E-state index in [9.17, 15) is 10.2 Å². The van der Waals surface area contributed by atoms with Crippen LogP contribution >= 0.6 is 0 Å². The van der Waals surface area contributed by atoms with Crippen LogP contribution in [0.3, 0.4) is 0 Å². The summed E-state index contributed by atoms with van der Waals surface area (Å²) < 4.78 is 6.80. The summed E-state index contributed by atoms with van der Waals surface area (Å²) in [6.07, 6.45) is 5.59. The van der Waals surface area contributed by atoms with E-state index in [4.69, 9.17) is 4.74 Å². The minimum Gasteiger partial charge on any atom is -0.504 e. The fourth-order valence-electron chi connectivity index (χ4n) is 9.37. The van der Waals surface area contributed by atoms with Crippen molar-refractivity contribution in [2.45, 2.75) is 95.4 Å². The lowest BCUT2D eigenvalue weighted by Crippen LogP contribution is -2.73. The van der Waals surface area contributed by atoms with Crippen LogP contribution in [0.25, 0.3) is 0 Å². The molecule has 0 radical (unpaired) electrons. The van der Waals surface area contributed by atoms with E-state index in [0.717, 1.165) is 31.4 Å². The van der Waals surface area contributed by atoms with Gasteiger partial charge in [0.2, 0.25) is 0 Å². The highest BCUT2D eigenvalue weighted by Gasteiger charge is 2.89. The van der Waals surface area contributed by atoms with Crippen molar-refractivity contribution in [1.82, 2.24) is 5.32 Å². The molecule has 4 saturated carbocycles. The molecule has 0 aromatic heterocycles. The Morgan fingerprint density at radius 3 is 2.66 bits per heavy atom. The van der Waals surface area contributed by atoms with E-state index < -0.39 is 5.60 Å². The summed E-state index contributed by atoms with van der Waals surface area (Å²) in [5.41, 5.74) is 1.97. The van der Waals surface area contributed by atoms with E-state index in [0.29, 0.717) is 11.8 Å². The highest BCUT2D eigenvalue weighted by atomic mass is 16.5. The van der Waals surface area contributed by atoms with Crippen molar-refractivity contribution in [2.75, 3.05) is 0 Å². The highest BCUT2D eigenvalue weighted by Crippen LogP contribution is 2.84. The van der Waals surface area contributed by atoms with Gasteiger partial charge in [0.15, 0.2) is 11.5 Å². The molecule has 1 aromatic carbocycles. The monoisotopic (exact) mass is 395 g/mol. The first-order valence-corrected chi connectivity index (χ1v) is 11.5. The van der Waals surface area contributed by atoms with Gasteiger partial charge in [-0.3, -0.25) is 0 Å². The fourth-order valence-corrected chi connectivity index (χ4v) is 9.37. The van der Waals surface area contributed by atoms with Crippen molar-refractivity contribution in [3.8, 4) is 11.5 Å². The Kier molecular flexibility index (Phi) is 2.54. The summed E-state index contributed by atoms with van der Waals surface area (Å²) in [5, 5.41) is 26.6. The van der Waals surface area contributed by atoms with Crippen LogP contribution in [-0.4, -0.2) is 33.5 Å².